The van der Waals surface area contributed by atoms with E-state index in [9.17, 15) is 8.42 Å². The molecule has 0 aliphatic heterocycles. The first-order chi connectivity index (χ1) is 9.35. The van der Waals surface area contributed by atoms with Crippen molar-refractivity contribution >= 4 is 10.0 Å². The van der Waals surface area contributed by atoms with Crippen LogP contribution in [0.1, 0.15) is 31.9 Å². The van der Waals surface area contributed by atoms with Gasteiger partial charge >= 0.3 is 0 Å². The van der Waals surface area contributed by atoms with E-state index in [2.05, 4.69) is 12.2 Å². The number of nitrogens with one attached hydrogen (secondary N) is 1. The third-order valence-corrected chi connectivity index (χ3v) is 4.85. The highest BCUT2D eigenvalue weighted by atomic mass is 32.2. The lowest BCUT2D eigenvalue weighted by Crippen LogP contribution is -2.31. The summed E-state index contributed by atoms with van der Waals surface area (Å²) < 4.78 is 25.9. The van der Waals surface area contributed by atoms with E-state index in [4.69, 9.17) is 0 Å². The van der Waals surface area contributed by atoms with Crippen LogP contribution in [0, 0.1) is 5.92 Å². The van der Waals surface area contributed by atoms with Crippen molar-refractivity contribution in [3.8, 4) is 0 Å². The van der Waals surface area contributed by atoms with Gasteiger partial charge in [0.05, 0.1) is 5.75 Å². The average molecular weight is 298 g/mol. The Morgan fingerprint density at radius 1 is 1.15 bits per heavy atom. The summed E-state index contributed by atoms with van der Waals surface area (Å²) in [5, 5.41) is 3.25. The number of hydrogen-bond donors (Lipinski definition) is 1. The molecule has 0 saturated heterocycles. The second-order valence-corrected chi connectivity index (χ2v) is 7.60. The summed E-state index contributed by atoms with van der Waals surface area (Å²) in [4.78, 5) is 0. The standard InChI is InChI=1S/C15H26N2O2S/c1-5-16-10-14-6-8-15(9-7-14)12-20(18,19)17(4)11-13(2)3/h6-9,13,16H,5,10-12H2,1-4H3. The minimum atomic E-state index is -3.22. The van der Waals surface area contributed by atoms with Crippen LogP contribution in [0.3, 0.4) is 0 Å². The Bertz CT molecular complexity index is 495. The van der Waals surface area contributed by atoms with Crippen molar-refractivity contribution in [1.82, 2.24) is 9.62 Å². The van der Waals surface area contributed by atoms with Gasteiger partial charge in [-0.05, 0) is 23.6 Å². The van der Waals surface area contributed by atoms with Crippen LogP contribution >= 0.6 is 0 Å². The molecule has 114 valence electrons. The predicted molar refractivity (Wildman–Crippen MR) is 83.9 cm³/mol. The largest absolute Gasteiger partial charge is 0.313 e. The lowest BCUT2D eigenvalue weighted by atomic mass is 10.1. The molecule has 0 saturated carbocycles. The summed E-state index contributed by atoms with van der Waals surface area (Å²) in [6.07, 6.45) is 0. The summed E-state index contributed by atoms with van der Waals surface area (Å²) in [7, 11) is -1.57. The zero-order chi connectivity index (χ0) is 15.2. The smallest absolute Gasteiger partial charge is 0.218 e. The molecular weight excluding hydrogens is 272 g/mol. The SMILES string of the molecule is CCNCc1ccc(CS(=O)(=O)N(C)CC(C)C)cc1. The maximum atomic E-state index is 12.2. The highest BCUT2D eigenvalue weighted by Crippen LogP contribution is 2.12. The Kier molecular flexibility index (Phi) is 6.65. The fourth-order valence-electron chi connectivity index (χ4n) is 1.97. The van der Waals surface area contributed by atoms with Crippen LogP contribution in [0.5, 0.6) is 0 Å². The lowest BCUT2D eigenvalue weighted by molar-refractivity contribution is 0.416. The van der Waals surface area contributed by atoms with Gasteiger partial charge in [0.1, 0.15) is 0 Å². The molecule has 0 aromatic heterocycles. The number of nitrogens with zero attached hydrogens (tertiary/aromatic N) is 1. The maximum Gasteiger partial charge on any atom is 0.218 e. The highest BCUT2D eigenvalue weighted by molar-refractivity contribution is 7.88. The van der Waals surface area contributed by atoms with E-state index in [0.717, 1.165) is 18.7 Å². The third-order valence-electron chi connectivity index (χ3n) is 3.05. The second-order valence-electron chi connectivity index (χ2n) is 5.53. The van der Waals surface area contributed by atoms with Gasteiger partial charge in [-0.3, -0.25) is 0 Å². The van der Waals surface area contributed by atoms with Gasteiger partial charge in [0.15, 0.2) is 0 Å². The summed E-state index contributed by atoms with van der Waals surface area (Å²) in [6, 6.07) is 7.76. The van der Waals surface area contributed by atoms with Gasteiger partial charge in [-0.15, -0.1) is 0 Å². The van der Waals surface area contributed by atoms with Gasteiger partial charge in [0.25, 0.3) is 0 Å². The van der Waals surface area contributed by atoms with Gasteiger partial charge < -0.3 is 5.32 Å². The molecule has 1 N–H and O–H groups in total. The fourth-order valence-corrected chi connectivity index (χ4v) is 3.33. The molecule has 4 nitrogen and oxygen atoms in total. The van der Waals surface area contributed by atoms with Crippen molar-refractivity contribution in [2.75, 3.05) is 20.1 Å². The zero-order valence-corrected chi connectivity index (χ0v) is 13.7. The normalized spacial score (nSPS) is 12.3. The van der Waals surface area contributed by atoms with E-state index in [0.29, 0.717) is 12.5 Å². The maximum absolute atomic E-state index is 12.2. The van der Waals surface area contributed by atoms with Crippen LogP contribution in [0.2, 0.25) is 0 Å². The van der Waals surface area contributed by atoms with E-state index in [-0.39, 0.29) is 5.75 Å². The Labute approximate surface area is 123 Å². The van der Waals surface area contributed by atoms with Crippen LogP contribution in [0.15, 0.2) is 24.3 Å². The molecule has 0 bridgehead atoms. The first-order valence-corrected chi connectivity index (χ1v) is 8.68. The summed E-state index contributed by atoms with van der Waals surface area (Å²) in [5.74, 6) is 0.398. The molecule has 0 unspecified atom stereocenters. The Balaban J connectivity index is 2.67. The molecule has 0 fully saturated rings. The van der Waals surface area contributed by atoms with E-state index in [1.165, 1.54) is 9.87 Å². The minimum Gasteiger partial charge on any atom is -0.313 e. The Hall–Kier alpha value is -0.910. The Morgan fingerprint density at radius 2 is 1.70 bits per heavy atom. The molecule has 0 atom stereocenters. The molecule has 0 aliphatic rings. The van der Waals surface area contributed by atoms with E-state index >= 15 is 0 Å². The number of sulfonamides is 1. The summed E-state index contributed by atoms with van der Waals surface area (Å²) in [6.45, 7) is 8.39. The minimum absolute atomic E-state index is 0.0672. The molecule has 1 aromatic carbocycles. The molecule has 20 heavy (non-hydrogen) atoms. The van der Waals surface area contributed by atoms with Gasteiger partial charge in [-0.2, -0.15) is 0 Å². The van der Waals surface area contributed by atoms with Crippen LogP contribution in [0.4, 0.5) is 0 Å². The molecule has 0 amide bonds. The molecule has 0 heterocycles. The average Bonchev–Trinajstić information content (AvgIpc) is 2.36. The van der Waals surface area contributed by atoms with Gasteiger partial charge in [-0.1, -0.05) is 45.0 Å². The molecule has 1 aromatic rings. The van der Waals surface area contributed by atoms with Gasteiger partial charge in [0, 0.05) is 20.1 Å². The number of hydrogen-bond acceptors (Lipinski definition) is 3. The van der Waals surface area contributed by atoms with E-state index in [1.54, 1.807) is 7.05 Å². The quantitative estimate of drug-likeness (QED) is 0.800. The molecule has 0 radical (unpaired) electrons. The summed E-state index contributed by atoms with van der Waals surface area (Å²) in [5.41, 5.74) is 2.00. The molecule has 0 spiro atoms. The number of benzene rings is 1. The van der Waals surface area contributed by atoms with Gasteiger partial charge in [-0.25, -0.2) is 12.7 Å². The van der Waals surface area contributed by atoms with Crippen molar-refractivity contribution in [3.63, 3.8) is 0 Å². The molecule has 0 aliphatic carbocycles. The fraction of sp³-hybridized carbons (Fsp3) is 0.600. The van der Waals surface area contributed by atoms with Crippen LogP contribution in [-0.2, 0) is 22.3 Å². The first kappa shape index (κ1) is 17.1. The first-order valence-electron chi connectivity index (χ1n) is 7.07. The molecule has 5 heteroatoms. The van der Waals surface area contributed by atoms with Crippen LogP contribution in [0.25, 0.3) is 0 Å². The zero-order valence-electron chi connectivity index (χ0n) is 12.9. The van der Waals surface area contributed by atoms with Crippen molar-refractivity contribution in [2.24, 2.45) is 5.92 Å². The van der Waals surface area contributed by atoms with E-state index < -0.39 is 10.0 Å². The topological polar surface area (TPSA) is 49.4 Å². The second kappa shape index (κ2) is 7.76. The Morgan fingerprint density at radius 3 is 2.20 bits per heavy atom. The lowest BCUT2D eigenvalue weighted by Gasteiger charge is -2.19. The number of rotatable bonds is 8. The van der Waals surface area contributed by atoms with Crippen LogP contribution in [-0.4, -0.2) is 32.9 Å². The van der Waals surface area contributed by atoms with Crippen LogP contribution < -0.4 is 5.32 Å². The predicted octanol–water partition coefficient (Wildman–Crippen LogP) is 2.21. The van der Waals surface area contributed by atoms with Gasteiger partial charge in [0.2, 0.25) is 10.0 Å². The van der Waals surface area contributed by atoms with Crippen molar-refractivity contribution in [2.45, 2.75) is 33.1 Å². The molecule has 1 rings (SSSR count). The monoisotopic (exact) mass is 298 g/mol. The third kappa shape index (κ3) is 5.61. The van der Waals surface area contributed by atoms with Crippen molar-refractivity contribution in [3.05, 3.63) is 35.4 Å². The molecular formula is C15H26N2O2S. The summed E-state index contributed by atoms with van der Waals surface area (Å²) >= 11 is 0. The van der Waals surface area contributed by atoms with E-state index in [1.807, 2.05) is 38.1 Å². The van der Waals surface area contributed by atoms with Crippen molar-refractivity contribution in [1.29, 1.82) is 0 Å². The van der Waals surface area contributed by atoms with Crippen molar-refractivity contribution < 1.29 is 8.42 Å². The highest BCUT2D eigenvalue weighted by Gasteiger charge is 2.19.